The monoisotopic (exact) mass is 358 g/mol. The molecule has 1 atom stereocenters. The van der Waals surface area contributed by atoms with Crippen LogP contribution in [0, 0.1) is 6.92 Å². The zero-order chi connectivity index (χ0) is 19.4. The molecule has 1 heterocycles. The second-order valence-electron chi connectivity index (χ2n) is 7.93. The number of amides is 1. The molecule has 0 aliphatic heterocycles. The molecule has 3 rings (SSSR count). The maximum atomic E-state index is 12.9. The van der Waals surface area contributed by atoms with Gasteiger partial charge in [-0.3, -0.25) is 9.78 Å². The van der Waals surface area contributed by atoms with Gasteiger partial charge in [0.05, 0.1) is 6.04 Å². The molecule has 3 heteroatoms. The molecule has 138 valence electrons. The number of aryl methyl sites for hydroxylation is 1. The Hall–Kier alpha value is -2.94. The van der Waals surface area contributed by atoms with E-state index in [9.17, 15) is 4.79 Å². The average Bonchev–Trinajstić information content (AvgIpc) is 2.67. The third-order valence-electron chi connectivity index (χ3n) is 4.72. The summed E-state index contributed by atoms with van der Waals surface area (Å²) in [6.07, 6.45) is 3.54. The normalized spacial score (nSPS) is 12.4. The van der Waals surface area contributed by atoms with Gasteiger partial charge in [0.25, 0.3) is 5.91 Å². The summed E-state index contributed by atoms with van der Waals surface area (Å²) >= 11 is 0. The fourth-order valence-corrected chi connectivity index (χ4v) is 3.00. The molecule has 27 heavy (non-hydrogen) atoms. The van der Waals surface area contributed by atoms with E-state index in [-0.39, 0.29) is 17.4 Å². The van der Waals surface area contributed by atoms with E-state index in [1.807, 2.05) is 36.4 Å². The van der Waals surface area contributed by atoms with Crippen molar-refractivity contribution in [1.82, 2.24) is 10.3 Å². The molecule has 0 aliphatic rings. The molecule has 0 fully saturated rings. The molecule has 0 saturated heterocycles. The van der Waals surface area contributed by atoms with Gasteiger partial charge >= 0.3 is 0 Å². The first-order valence-electron chi connectivity index (χ1n) is 9.22. The Labute approximate surface area is 161 Å². The lowest BCUT2D eigenvalue weighted by Gasteiger charge is -2.21. The van der Waals surface area contributed by atoms with Crippen LogP contribution < -0.4 is 5.32 Å². The van der Waals surface area contributed by atoms with Gasteiger partial charge in [-0.1, -0.05) is 68.8 Å². The van der Waals surface area contributed by atoms with Crippen molar-refractivity contribution in [3.8, 4) is 0 Å². The van der Waals surface area contributed by atoms with Crippen LogP contribution in [0.25, 0.3) is 0 Å². The van der Waals surface area contributed by atoms with E-state index in [4.69, 9.17) is 0 Å². The highest BCUT2D eigenvalue weighted by atomic mass is 16.1. The first-order chi connectivity index (χ1) is 12.8. The predicted molar refractivity (Wildman–Crippen MR) is 110 cm³/mol. The van der Waals surface area contributed by atoms with E-state index in [2.05, 4.69) is 62.3 Å². The van der Waals surface area contributed by atoms with Gasteiger partial charge < -0.3 is 5.32 Å². The Kier molecular flexibility index (Phi) is 5.41. The lowest BCUT2D eigenvalue weighted by molar-refractivity contribution is 0.0943. The first kappa shape index (κ1) is 18.8. The van der Waals surface area contributed by atoms with Crippen LogP contribution in [0.1, 0.15) is 59.4 Å². The van der Waals surface area contributed by atoms with Crippen molar-refractivity contribution in [2.24, 2.45) is 0 Å². The fourth-order valence-electron chi connectivity index (χ4n) is 3.00. The standard InChI is InChI=1S/C24H26N2O/c1-17-7-9-18(10-8-17)22(20-6-5-15-25-16-20)26-23(27)19-11-13-21(14-12-19)24(2,3)4/h5-16,22H,1-4H3,(H,26,27)/t22-/m1/s1. The van der Waals surface area contributed by atoms with E-state index in [1.54, 1.807) is 12.4 Å². The van der Waals surface area contributed by atoms with Gasteiger partial charge in [0.1, 0.15) is 0 Å². The third-order valence-corrected chi connectivity index (χ3v) is 4.72. The quantitative estimate of drug-likeness (QED) is 0.696. The van der Waals surface area contributed by atoms with Crippen molar-refractivity contribution in [2.45, 2.75) is 39.2 Å². The highest BCUT2D eigenvalue weighted by molar-refractivity contribution is 5.94. The SMILES string of the molecule is Cc1ccc([C@@H](NC(=O)c2ccc(C(C)(C)C)cc2)c2cccnc2)cc1. The summed E-state index contributed by atoms with van der Waals surface area (Å²) in [6, 6.07) is 19.7. The highest BCUT2D eigenvalue weighted by Gasteiger charge is 2.19. The van der Waals surface area contributed by atoms with Crippen molar-refractivity contribution in [2.75, 3.05) is 0 Å². The lowest BCUT2D eigenvalue weighted by atomic mass is 9.86. The minimum atomic E-state index is -0.242. The Morgan fingerprint density at radius 2 is 1.59 bits per heavy atom. The first-order valence-corrected chi connectivity index (χ1v) is 9.22. The number of nitrogens with one attached hydrogen (secondary N) is 1. The van der Waals surface area contributed by atoms with E-state index in [0.29, 0.717) is 5.56 Å². The molecule has 0 bridgehead atoms. The maximum absolute atomic E-state index is 12.9. The highest BCUT2D eigenvalue weighted by Crippen LogP contribution is 2.24. The van der Waals surface area contributed by atoms with Gasteiger partial charge in [-0.25, -0.2) is 0 Å². The molecule has 0 spiro atoms. The van der Waals surface area contributed by atoms with Gasteiger partial charge in [-0.05, 0) is 47.2 Å². The summed E-state index contributed by atoms with van der Waals surface area (Å²) in [6.45, 7) is 8.55. The van der Waals surface area contributed by atoms with Crippen LogP contribution in [-0.4, -0.2) is 10.9 Å². The number of benzene rings is 2. The van der Waals surface area contributed by atoms with Crippen LogP contribution in [0.5, 0.6) is 0 Å². The molecule has 1 aromatic heterocycles. The number of hydrogen-bond donors (Lipinski definition) is 1. The topological polar surface area (TPSA) is 42.0 Å². The van der Waals surface area contributed by atoms with Crippen LogP contribution in [0.2, 0.25) is 0 Å². The van der Waals surface area contributed by atoms with Gasteiger partial charge in [0.15, 0.2) is 0 Å². The molecule has 0 saturated carbocycles. The Bertz CT molecular complexity index is 892. The molecule has 1 N–H and O–H groups in total. The Morgan fingerprint density at radius 3 is 2.15 bits per heavy atom. The number of hydrogen-bond acceptors (Lipinski definition) is 2. The van der Waals surface area contributed by atoms with Gasteiger partial charge in [0, 0.05) is 18.0 Å². The van der Waals surface area contributed by atoms with Crippen molar-refractivity contribution in [3.63, 3.8) is 0 Å². The van der Waals surface area contributed by atoms with Gasteiger partial charge in [0.2, 0.25) is 0 Å². The fraction of sp³-hybridized carbons (Fsp3) is 0.250. The predicted octanol–water partition coefficient (Wildman–Crippen LogP) is 5.21. The van der Waals surface area contributed by atoms with Crippen molar-refractivity contribution < 1.29 is 4.79 Å². The molecule has 1 amide bonds. The minimum Gasteiger partial charge on any atom is -0.341 e. The van der Waals surface area contributed by atoms with E-state index >= 15 is 0 Å². The van der Waals surface area contributed by atoms with E-state index in [0.717, 1.165) is 11.1 Å². The largest absolute Gasteiger partial charge is 0.341 e. The maximum Gasteiger partial charge on any atom is 0.252 e. The Morgan fingerprint density at radius 1 is 0.926 bits per heavy atom. The van der Waals surface area contributed by atoms with Crippen LogP contribution in [-0.2, 0) is 5.41 Å². The minimum absolute atomic E-state index is 0.0646. The summed E-state index contributed by atoms with van der Waals surface area (Å²) in [5.41, 5.74) is 5.11. The number of nitrogens with zero attached hydrogens (tertiary/aromatic N) is 1. The second kappa shape index (κ2) is 7.75. The summed E-state index contributed by atoms with van der Waals surface area (Å²) in [7, 11) is 0. The molecular formula is C24H26N2O. The molecule has 0 aliphatic carbocycles. The number of pyridine rings is 1. The number of aromatic nitrogens is 1. The van der Waals surface area contributed by atoms with Crippen LogP contribution in [0.4, 0.5) is 0 Å². The second-order valence-corrected chi connectivity index (χ2v) is 7.93. The summed E-state index contributed by atoms with van der Waals surface area (Å²) in [5, 5.41) is 3.16. The summed E-state index contributed by atoms with van der Waals surface area (Å²) in [4.78, 5) is 17.1. The molecule has 0 radical (unpaired) electrons. The number of carbonyl (C=O) groups is 1. The Balaban J connectivity index is 1.88. The third kappa shape index (κ3) is 4.62. The van der Waals surface area contributed by atoms with Crippen LogP contribution in [0.3, 0.4) is 0 Å². The molecular weight excluding hydrogens is 332 g/mol. The number of rotatable bonds is 4. The lowest BCUT2D eigenvalue weighted by Crippen LogP contribution is -2.29. The van der Waals surface area contributed by atoms with Gasteiger partial charge in [-0.2, -0.15) is 0 Å². The summed E-state index contributed by atoms with van der Waals surface area (Å²) in [5.74, 6) is -0.0927. The molecule has 2 aromatic carbocycles. The van der Waals surface area contributed by atoms with Crippen molar-refractivity contribution in [1.29, 1.82) is 0 Å². The van der Waals surface area contributed by atoms with Crippen LogP contribution in [0.15, 0.2) is 73.1 Å². The van der Waals surface area contributed by atoms with Gasteiger partial charge in [-0.15, -0.1) is 0 Å². The zero-order valence-corrected chi connectivity index (χ0v) is 16.4. The number of carbonyl (C=O) groups excluding carboxylic acids is 1. The summed E-state index contributed by atoms with van der Waals surface area (Å²) < 4.78 is 0. The van der Waals surface area contributed by atoms with Crippen molar-refractivity contribution >= 4 is 5.91 Å². The average molecular weight is 358 g/mol. The van der Waals surface area contributed by atoms with Crippen LogP contribution >= 0.6 is 0 Å². The molecule has 3 aromatic rings. The smallest absolute Gasteiger partial charge is 0.252 e. The van der Waals surface area contributed by atoms with E-state index in [1.165, 1.54) is 11.1 Å². The molecule has 3 nitrogen and oxygen atoms in total. The van der Waals surface area contributed by atoms with E-state index < -0.39 is 0 Å². The molecule has 0 unspecified atom stereocenters. The zero-order valence-electron chi connectivity index (χ0n) is 16.4. The van der Waals surface area contributed by atoms with Crippen molar-refractivity contribution in [3.05, 3.63) is 101 Å².